The number of nitrogens with one attached hydrogen (secondary N) is 1. The second-order valence-electron chi connectivity index (χ2n) is 4.27. The Morgan fingerprint density at radius 2 is 2.39 bits per heavy atom. The maximum atomic E-state index is 11.6. The molecule has 1 aromatic heterocycles. The molecule has 0 bridgehead atoms. The first-order valence-electron chi connectivity index (χ1n) is 6.18. The number of hydrogen-bond acceptors (Lipinski definition) is 3. The first-order valence-corrected chi connectivity index (χ1v) is 6.18. The normalized spacial score (nSPS) is 14.7. The molecule has 1 N–H and O–H groups in total. The maximum absolute atomic E-state index is 11.6. The quantitative estimate of drug-likeness (QED) is 0.808. The predicted octanol–water partition coefficient (Wildman–Crippen LogP) is 2.51. The highest BCUT2D eigenvalue weighted by molar-refractivity contribution is 5.94. The molecule has 1 aromatic rings. The van der Waals surface area contributed by atoms with Gasteiger partial charge in [0.05, 0.1) is 5.69 Å². The number of pyridine rings is 1. The number of nitrogens with zero attached hydrogens (tertiary/aromatic N) is 2. The zero-order valence-electron chi connectivity index (χ0n) is 10.5. The Balaban J connectivity index is 2.15. The third-order valence-electron chi connectivity index (χ3n) is 2.76. The highest BCUT2D eigenvalue weighted by Gasteiger charge is 2.29. The third-order valence-corrected chi connectivity index (χ3v) is 2.76. The molecule has 18 heavy (non-hydrogen) atoms. The van der Waals surface area contributed by atoms with E-state index in [0.29, 0.717) is 5.82 Å². The summed E-state index contributed by atoms with van der Waals surface area (Å²) in [6, 6.07) is 3.69. The van der Waals surface area contributed by atoms with Crippen molar-refractivity contribution in [2.24, 2.45) is 10.9 Å². The summed E-state index contributed by atoms with van der Waals surface area (Å²) in [4.78, 5) is 20.2. The van der Waals surface area contributed by atoms with Gasteiger partial charge in [0.15, 0.2) is 0 Å². The van der Waals surface area contributed by atoms with Crippen molar-refractivity contribution in [1.29, 1.82) is 0 Å². The molecule has 0 unspecified atom stereocenters. The fraction of sp³-hybridized carbons (Fsp3) is 0.357. The molecule has 1 saturated carbocycles. The van der Waals surface area contributed by atoms with Crippen LogP contribution in [0.3, 0.4) is 0 Å². The van der Waals surface area contributed by atoms with Crippen LogP contribution in [0.15, 0.2) is 23.7 Å². The number of aliphatic imine (C=N–C) groups is 1. The van der Waals surface area contributed by atoms with Crippen molar-refractivity contribution in [2.45, 2.75) is 19.8 Å². The van der Waals surface area contributed by atoms with Crippen molar-refractivity contribution < 1.29 is 4.79 Å². The monoisotopic (exact) mass is 243 g/mol. The fourth-order valence-corrected chi connectivity index (χ4v) is 1.59. The minimum atomic E-state index is 0.0625. The highest BCUT2D eigenvalue weighted by atomic mass is 16.2. The van der Waals surface area contributed by atoms with E-state index in [1.807, 2.05) is 13.0 Å². The molecule has 0 radical (unpaired) electrons. The lowest BCUT2D eigenvalue weighted by atomic mass is 10.2. The molecule has 1 fully saturated rings. The summed E-state index contributed by atoms with van der Waals surface area (Å²) in [7, 11) is 0. The third kappa shape index (κ3) is 3.03. The van der Waals surface area contributed by atoms with E-state index in [2.05, 4.69) is 21.9 Å². The summed E-state index contributed by atoms with van der Waals surface area (Å²) in [5.41, 5.74) is 1.65. The average molecular weight is 243 g/mol. The molecule has 0 spiro atoms. The lowest BCUT2D eigenvalue weighted by molar-refractivity contribution is -0.117. The molecule has 0 atom stereocenters. The molecule has 4 heteroatoms. The zero-order chi connectivity index (χ0) is 13.0. The van der Waals surface area contributed by atoms with Gasteiger partial charge in [0.25, 0.3) is 0 Å². The molecule has 0 aliphatic heterocycles. The van der Waals surface area contributed by atoms with E-state index in [-0.39, 0.29) is 11.8 Å². The number of amides is 1. The van der Waals surface area contributed by atoms with Crippen LogP contribution >= 0.6 is 0 Å². The summed E-state index contributed by atoms with van der Waals surface area (Å²) in [6.07, 6.45) is 5.42. The second-order valence-corrected chi connectivity index (χ2v) is 4.27. The lowest BCUT2D eigenvalue weighted by Crippen LogP contribution is -2.14. The minimum absolute atomic E-state index is 0.0625. The predicted molar refractivity (Wildman–Crippen MR) is 73.8 cm³/mol. The lowest BCUT2D eigenvalue weighted by Gasteiger charge is -2.06. The van der Waals surface area contributed by atoms with Crippen LogP contribution in [-0.4, -0.2) is 23.7 Å². The van der Waals surface area contributed by atoms with Crippen molar-refractivity contribution in [3.63, 3.8) is 0 Å². The number of rotatable bonds is 5. The molecule has 0 aromatic carbocycles. The van der Waals surface area contributed by atoms with Crippen molar-refractivity contribution in [3.05, 3.63) is 30.0 Å². The molecule has 4 nitrogen and oxygen atoms in total. The van der Waals surface area contributed by atoms with Crippen molar-refractivity contribution in [1.82, 2.24) is 4.98 Å². The molecular weight excluding hydrogens is 226 g/mol. The van der Waals surface area contributed by atoms with Crippen LogP contribution in [0.1, 0.15) is 31.0 Å². The first kappa shape index (κ1) is 12.5. The van der Waals surface area contributed by atoms with Gasteiger partial charge >= 0.3 is 0 Å². The highest BCUT2D eigenvalue weighted by Crippen LogP contribution is 2.30. The van der Waals surface area contributed by atoms with Crippen LogP contribution in [0.5, 0.6) is 0 Å². The van der Waals surface area contributed by atoms with Gasteiger partial charge in [-0.3, -0.25) is 9.79 Å². The maximum Gasteiger partial charge on any atom is 0.228 e. The molecule has 1 aliphatic carbocycles. The Morgan fingerprint density at radius 1 is 1.61 bits per heavy atom. The van der Waals surface area contributed by atoms with Crippen molar-refractivity contribution in [3.8, 4) is 0 Å². The Morgan fingerprint density at radius 3 is 3.00 bits per heavy atom. The average Bonchev–Trinajstić information content (AvgIpc) is 3.21. The zero-order valence-corrected chi connectivity index (χ0v) is 10.5. The molecule has 2 rings (SSSR count). The van der Waals surface area contributed by atoms with Crippen LogP contribution in [0.2, 0.25) is 0 Å². The van der Waals surface area contributed by atoms with Gasteiger partial charge in [-0.1, -0.05) is 6.58 Å². The van der Waals surface area contributed by atoms with Gasteiger partial charge < -0.3 is 5.32 Å². The van der Waals surface area contributed by atoms with E-state index >= 15 is 0 Å². The molecule has 1 aliphatic rings. The Hall–Kier alpha value is -1.97. The van der Waals surface area contributed by atoms with E-state index < -0.39 is 0 Å². The molecule has 1 amide bonds. The van der Waals surface area contributed by atoms with E-state index in [9.17, 15) is 4.79 Å². The van der Waals surface area contributed by atoms with Crippen LogP contribution in [0.25, 0.3) is 6.08 Å². The Labute approximate surface area is 107 Å². The second kappa shape index (κ2) is 5.58. The number of hydrogen-bond donors (Lipinski definition) is 1. The van der Waals surface area contributed by atoms with E-state index in [1.54, 1.807) is 18.4 Å². The van der Waals surface area contributed by atoms with Crippen LogP contribution < -0.4 is 5.32 Å². The Kier molecular flexibility index (Phi) is 3.87. The van der Waals surface area contributed by atoms with Crippen molar-refractivity contribution in [2.75, 3.05) is 11.9 Å². The van der Waals surface area contributed by atoms with Crippen molar-refractivity contribution >= 4 is 24.0 Å². The topological polar surface area (TPSA) is 54.4 Å². The number of carbonyl (C=O) groups is 1. The van der Waals surface area contributed by atoms with Gasteiger partial charge in [0.2, 0.25) is 5.91 Å². The molecule has 1 heterocycles. The summed E-state index contributed by atoms with van der Waals surface area (Å²) < 4.78 is 0. The van der Waals surface area contributed by atoms with Crippen LogP contribution in [0, 0.1) is 5.92 Å². The van der Waals surface area contributed by atoms with Crippen LogP contribution in [0.4, 0.5) is 5.82 Å². The SMILES string of the molecule is C=Cc1nc(NC(=O)C2CC2)ccc1C=NCC. The first-order chi connectivity index (χ1) is 8.74. The summed E-state index contributed by atoms with van der Waals surface area (Å²) in [5, 5.41) is 2.82. The molecule has 0 saturated heterocycles. The molecular formula is C14H17N3O. The largest absolute Gasteiger partial charge is 0.310 e. The summed E-state index contributed by atoms with van der Waals surface area (Å²) in [6.45, 7) is 6.44. The van der Waals surface area contributed by atoms with Gasteiger partial charge in [-0.15, -0.1) is 0 Å². The Bertz CT molecular complexity index is 490. The van der Waals surface area contributed by atoms with E-state index in [4.69, 9.17) is 0 Å². The standard InChI is InChI=1S/C14H17N3O/c1-3-12-11(9-15-4-2)7-8-13(16-12)17-14(18)10-5-6-10/h3,7-10H,1,4-6H2,2H3,(H,16,17,18). The van der Waals surface area contributed by atoms with Gasteiger partial charge in [-0.2, -0.15) is 0 Å². The summed E-state index contributed by atoms with van der Waals surface area (Å²) in [5.74, 6) is 0.822. The minimum Gasteiger partial charge on any atom is -0.310 e. The summed E-state index contributed by atoms with van der Waals surface area (Å²) >= 11 is 0. The van der Waals surface area contributed by atoms with Gasteiger partial charge in [0.1, 0.15) is 5.82 Å². The smallest absolute Gasteiger partial charge is 0.228 e. The van der Waals surface area contributed by atoms with Gasteiger partial charge in [-0.05, 0) is 38.0 Å². The van der Waals surface area contributed by atoms with E-state index in [1.165, 1.54) is 0 Å². The van der Waals surface area contributed by atoms with Crippen LogP contribution in [-0.2, 0) is 4.79 Å². The molecule has 94 valence electrons. The number of anilines is 1. The fourth-order valence-electron chi connectivity index (χ4n) is 1.59. The number of aromatic nitrogens is 1. The number of carbonyl (C=O) groups excluding carboxylic acids is 1. The van der Waals surface area contributed by atoms with E-state index in [0.717, 1.165) is 30.6 Å². The van der Waals surface area contributed by atoms with Gasteiger partial charge in [0, 0.05) is 24.2 Å². The van der Waals surface area contributed by atoms with Gasteiger partial charge in [-0.25, -0.2) is 4.98 Å².